The third-order valence-corrected chi connectivity index (χ3v) is 5.90. The fourth-order valence-electron chi connectivity index (χ4n) is 2.68. The lowest BCUT2D eigenvalue weighted by atomic mass is 10.1. The molecule has 2 aromatic heterocycles. The molecule has 0 amide bonds. The standard InChI is InChI=1S/C12H14BrIN4O3/c1-6-2-7(4-19)21-12(6,13)18-3-8(14)9-10(17-20)15-5-16-11(9)18/h3,5-7,19-20H,2,4H2,1H3,(H,15,16,17)/t6-,7-,12-/m0/s1. The summed E-state index contributed by atoms with van der Waals surface area (Å²) in [5.41, 5.74) is 2.74. The van der Waals surface area contributed by atoms with E-state index in [9.17, 15) is 10.3 Å². The van der Waals surface area contributed by atoms with E-state index in [2.05, 4.69) is 60.9 Å². The number of fused-ring (bicyclic) bond motifs is 1. The van der Waals surface area contributed by atoms with Crippen LogP contribution in [-0.2, 0) is 9.37 Å². The van der Waals surface area contributed by atoms with E-state index < -0.39 is 4.63 Å². The zero-order chi connectivity index (χ0) is 15.2. The summed E-state index contributed by atoms with van der Waals surface area (Å²) in [4.78, 5) is 8.32. The number of hydrogen-bond donors (Lipinski definition) is 3. The Kier molecular flexibility index (Phi) is 4.12. The van der Waals surface area contributed by atoms with Crippen LogP contribution in [0.4, 0.5) is 5.82 Å². The summed E-state index contributed by atoms with van der Waals surface area (Å²) < 4.78 is 7.97. The van der Waals surface area contributed by atoms with Crippen LogP contribution in [0.2, 0.25) is 0 Å². The summed E-state index contributed by atoms with van der Waals surface area (Å²) in [5, 5.41) is 19.3. The van der Waals surface area contributed by atoms with Gasteiger partial charge in [-0.05, 0) is 44.9 Å². The number of ether oxygens (including phenoxy) is 1. The van der Waals surface area contributed by atoms with Crippen molar-refractivity contribution in [3.8, 4) is 0 Å². The molecule has 0 radical (unpaired) electrons. The summed E-state index contributed by atoms with van der Waals surface area (Å²) in [6.45, 7) is 2.03. The van der Waals surface area contributed by atoms with Crippen molar-refractivity contribution in [2.45, 2.75) is 24.1 Å². The highest BCUT2D eigenvalue weighted by Gasteiger charge is 2.46. The number of anilines is 1. The molecule has 2 aromatic rings. The number of halogens is 2. The molecule has 0 unspecified atom stereocenters. The van der Waals surface area contributed by atoms with Crippen LogP contribution in [-0.4, -0.2) is 37.6 Å². The molecule has 3 heterocycles. The van der Waals surface area contributed by atoms with Crippen LogP contribution in [0.3, 0.4) is 0 Å². The number of rotatable bonds is 3. The van der Waals surface area contributed by atoms with Crippen molar-refractivity contribution in [2.75, 3.05) is 12.1 Å². The molecular formula is C12H14BrIN4O3. The van der Waals surface area contributed by atoms with Gasteiger partial charge in [0.25, 0.3) is 0 Å². The fraction of sp³-hybridized carbons (Fsp3) is 0.500. The predicted octanol–water partition coefficient (Wildman–Crippen LogP) is 2.26. The van der Waals surface area contributed by atoms with Gasteiger partial charge in [-0.15, -0.1) is 0 Å². The molecule has 21 heavy (non-hydrogen) atoms. The number of hydrogen-bond acceptors (Lipinski definition) is 6. The molecule has 9 heteroatoms. The van der Waals surface area contributed by atoms with Crippen molar-refractivity contribution >= 4 is 55.4 Å². The van der Waals surface area contributed by atoms with E-state index in [-0.39, 0.29) is 18.6 Å². The van der Waals surface area contributed by atoms with Gasteiger partial charge < -0.3 is 9.84 Å². The van der Waals surface area contributed by atoms with Gasteiger partial charge in [0.2, 0.25) is 4.63 Å². The Hall–Kier alpha value is -0.490. The third kappa shape index (κ3) is 2.34. The third-order valence-electron chi connectivity index (χ3n) is 3.73. The topological polar surface area (TPSA) is 92.4 Å². The van der Waals surface area contributed by atoms with Crippen LogP contribution in [0.25, 0.3) is 11.0 Å². The second kappa shape index (κ2) is 5.61. The number of alkyl halides is 1. The van der Waals surface area contributed by atoms with Crippen LogP contribution in [0.5, 0.6) is 0 Å². The Bertz CT molecular complexity index is 682. The van der Waals surface area contributed by atoms with Crippen molar-refractivity contribution in [3.05, 3.63) is 16.1 Å². The molecule has 0 aromatic carbocycles. The van der Waals surface area contributed by atoms with Gasteiger partial charge in [-0.25, -0.2) is 9.97 Å². The SMILES string of the molecule is C[C@H]1C[C@@H](CO)O[C@@]1(Br)n1cc(I)c2c(NO)ncnc21. The van der Waals surface area contributed by atoms with Crippen molar-refractivity contribution in [1.82, 2.24) is 14.5 Å². The Labute approximate surface area is 142 Å². The molecule has 114 valence electrons. The molecule has 7 nitrogen and oxygen atoms in total. The van der Waals surface area contributed by atoms with Gasteiger partial charge in [0.05, 0.1) is 18.1 Å². The Morgan fingerprint density at radius 3 is 3.00 bits per heavy atom. The molecule has 1 aliphatic rings. The average Bonchev–Trinajstić information content (AvgIpc) is 2.98. The van der Waals surface area contributed by atoms with Gasteiger partial charge in [0.15, 0.2) is 5.82 Å². The first-order valence-electron chi connectivity index (χ1n) is 6.41. The van der Waals surface area contributed by atoms with Crippen molar-refractivity contribution < 1.29 is 15.1 Å². The highest BCUT2D eigenvalue weighted by Crippen LogP contribution is 2.47. The lowest BCUT2D eigenvalue weighted by Crippen LogP contribution is -2.32. The fourth-order valence-corrected chi connectivity index (χ4v) is 4.18. The molecule has 3 N–H and O–H groups in total. The molecule has 3 rings (SSSR count). The molecule has 0 spiro atoms. The van der Waals surface area contributed by atoms with E-state index >= 15 is 0 Å². The van der Waals surface area contributed by atoms with Gasteiger partial charge in [-0.2, -0.15) is 0 Å². The number of nitrogens with zero attached hydrogens (tertiary/aromatic N) is 3. The minimum Gasteiger partial charge on any atom is -0.394 e. The van der Waals surface area contributed by atoms with Gasteiger partial charge in [0, 0.05) is 15.7 Å². The zero-order valence-corrected chi connectivity index (χ0v) is 14.9. The normalized spacial score (nSPS) is 29.2. The number of aliphatic hydroxyl groups is 1. The monoisotopic (exact) mass is 468 g/mol. The van der Waals surface area contributed by atoms with E-state index in [1.54, 1.807) is 0 Å². The Morgan fingerprint density at radius 1 is 1.62 bits per heavy atom. The van der Waals surface area contributed by atoms with Crippen LogP contribution in [0, 0.1) is 9.49 Å². The maximum absolute atomic E-state index is 9.34. The quantitative estimate of drug-likeness (QED) is 0.363. The zero-order valence-electron chi connectivity index (χ0n) is 11.1. The number of aromatic nitrogens is 3. The molecule has 1 fully saturated rings. The molecule has 1 saturated heterocycles. The summed E-state index contributed by atoms with van der Waals surface area (Å²) in [7, 11) is 0. The van der Waals surface area contributed by atoms with Crippen molar-refractivity contribution in [2.24, 2.45) is 5.92 Å². The number of aliphatic hydroxyl groups excluding tert-OH is 1. The minimum absolute atomic E-state index is 0.0214. The Morgan fingerprint density at radius 2 is 2.38 bits per heavy atom. The minimum atomic E-state index is -0.775. The first-order chi connectivity index (χ1) is 10.0. The molecule has 0 aliphatic carbocycles. The van der Waals surface area contributed by atoms with Gasteiger partial charge in [0.1, 0.15) is 12.0 Å². The highest BCUT2D eigenvalue weighted by atomic mass is 127. The predicted molar refractivity (Wildman–Crippen MR) is 88.3 cm³/mol. The van der Waals surface area contributed by atoms with Crippen LogP contribution < -0.4 is 5.48 Å². The van der Waals surface area contributed by atoms with Gasteiger partial charge in [-0.3, -0.25) is 15.3 Å². The second-order valence-electron chi connectivity index (χ2n) is 5.05. The van der Waals surface area contributed by atoms with Crippen molar-refractivity contribution in [3.63, 3.8) is 0 Å². The molecule has 0 bridgehead atoms. The first kappa shape index (κ1) is 15.4. The molecule has 0 saturated carbocycles. The average molecular weight is 469 g/mol. The highest BCUT2D eigenvalue weighted by molar-refractivity contribution is 14.1. The first-order valence-corrected chi connectivity index (χ1v) is 8.28. The Balaban J connectivity index is 2.18. The largest absolute Gasteiger partial charge is 0.394 e. The smallest absolute Gasteiger partial charge is 0.206 e. The van der Waals surface area contributed by atoms with Gasteiger partial charge >= 0.3 is 0 Å². The summed E-state index contributed by atoms with van der Waals surface area (Å²) >= 11 is 5.83. The van der Waals surface area contributed by atoms with E-state index in [1.165, 1.54) is 6.33 Å². The molecule has 1 aliphatic heterocycles. The lowest BCUT2D eigenvalue weighted by Gasteiger charge is -2.28. The molecular weight excluding hydrogens is 455 g/mol. The van der Waals surface area contributed by atoms with Crippen LogP contribution >= 0.6 is 38.5 Å². The van der Waals surface area contributed by atoms with Crippen LogP contribution in [0.1, 0.15) is 13.3 Å². The summed E-state index contributed by atoms with van der Waals surface area (Å²) in [5.74, 6) is 0.491. The van der Waals surface area contributed by atoms with E-state index in [4.69, 9.17) is 4.74 Å². The lowest BCUT2D eigenvalue weighted by molar-refractivity contribution is -0.0505. The van der Waals surface area contributed by atoms with E-state index in [1.807, 2.05) is 10.8 Å². The summed E-state index contributed by atoms with van der Waals surface area (Å²) in [6.07, 6.45) is 3.80. The summed E-state index contributed by atoms with van der Waals surface area (Å²) in [6, 6.07) is 0. The number of nitrogens with one attached hydrogen (secondary N) is 1. The second-order valence-corrected chi connectivity index (χ2v) is 7.35. The maximum atomic E-state index is 9.34. The van der Waals surface area contributed by atoms with E-state index in [0.29, 0.717) is 11.5 Å². The van der Waals surface area contributed by atoms with E-state index in [0.717, 1.165) is 15.4 Å². The van der Waals surface area contributed by atoms with Crippen LogP contribution in [0.15, 0.2) is 12.5 Å². The van der Waals surface area contributed by atoms with Gasteiger partial charge in [-0.1, -0.05) is 6.92 Å². The molecule has 3 atom stereocenters. The maximum Gasteiger partial charge on any atom is 0.206 e. The van der Waals surface area contributed by atoms with Crippen molar-refractivity contribution in [1.29, 1.82) is 0 Å².